The van der Waals surface area contributed by atoms with E-state index in [4.69, 9.17) is 4.74 Å². The fraction of sp³-hybridized carbons (Fsp3) is 0.500. The summed E-state index contributed by atoms with van der Waals surface area (Å²) in [4.78, 5) is 21.7. The highest BCUT2D eigenvalue weighted by Gasteiger charge is 2.28. The largest absolute Gasteiger partial charge is 0.379 e. The van der Waals surface area contributed by atoms with Crippen molar-refractivity contribution in [2.24, 2.45) is 0 Å². The number of carbonyl (C=O) groups is 1. The van der Waals surface area contributed by atoms with Crippen LogP contribution in [0.1, 0.15) is 19.3 Å². The summed E-state index contributed by atoms with van der Waals surface area (Å²) in [5, 5.41) is 5.10. The molecule has 0 radical (unpaired) electrons. The van der Waals surface area contributed by atoms with E-state index >= 15 is 0 Å². The monoisotopic (exact) mass is 386 g/mol. The first kappa shape index (κ1) is 18.4. The third-order valence-corrected chi connectivity index (χ3v) is 5.91. The van der Waals surface area contributed by atoms with Gasteiger partial charge in [-0.2, -0.15) is 0 Å². The normalized spacial score (nSPS) is 21.2. The molecule has 2 fully saturated rings. The van der Waals surface area contributed by atoms with Crippen molar-refractivity contribution in [3.05, 3.63) is 35.2 Å². The number of piperidine rings is 1. The Balaban J connectivity index is 1.38. The van der Waals surface area contributed by atoms with Crippen LogP contribution >= 0.6 is 11.3 Å². The van der Waals surface area contributed by atoms with E-state index in [9.17, 15) is 4.79 Å². The van der Waals surface area contributed by atoms with Crippen LogP contribution in [0.3, 0.4) is 0 Å². The summed E-state index contributed by atoms with van der Waals surface area (Å²) >= 11 is 1.58. The lowest BCUT2D eigenvalue weighted by Gasteiger charge is -2.39. The topological polar surface area (TPSA) is 57.7 Å². The van der Waals surface area contributed by atoms with E-state index < -0.39 is 0 Å². The molecule has 1 aromatic carbocycles. The number of urea groups is 1. The van der Waals surface area contributed by atoms with Gasteiger partial charge in [0.15, 0.2) is 0 Å². The summed E-state index contributed by atoms with van der Waals surface area (Å²) in [6.45, 7) is 5.29. The van der Waals surface area contributed by atoms with Gasteiger partial charge in [-0.25, -0.2) is 9.78 Å². The van der Waals surface area contributed by atoms with Gasteiger partial charge in [-0.3, -0.25) is 4.90 Å². The van der Waals surface area contributed by atoms with Gasteiger partial charge in [-0.15, -0.1) is 11.3 Å². The van der Waals surface area contributed by atoms with Crippen molar-refractivity contribution in [2.45, 2.75) is 25.3 Å². The van der Waals surface area contributed by atoms with E-state index in [2.05, 4.69) is 15.2 Å². The second-order valence-corrected chi connectivity index (χ2v) is 7.86. The number of carbonyl (C=O) groups excluding carboxylic acids is 1. The van der Waals surface area contributed by atoms with Crippen LogP contribution in [-0.4, -0.2) is 66.2 Å². The maximum atomic E-state index is 12.9. The molecule has 2 amide bonds. The van der Waals surface area contributed by atoms with E-state index in [0.717, 1.165) is 69.2 Å². The number of rotatable bonds is 4. The van der Waals surface area contributed by atoms with Crippen molar-refractivity contribution in [3.8, 4) is 11.3 Å². The minimum Gasteiger partial charge on any atom is -0.379 e. The Kier molecular flexibility index (Phi) is 6.01. The lowest BCUT2D eigenvalue weighted by Crippen LogP contribution is -2.52. The third-order valence-electron chi connectivity index (χ3n) is 5.32. The first-order valence-corrected chi connectivity index (χ1v) is 10.6. The van der Waals surface area contributed by atoms with Crippen LogP contribution in [0.25, 0.3) is 11.3 Å². The van der Waals surface area contributed by atoms with Gasteiger partial charge in [0.1, 0.15) is 0 Å². The van der Waals surface area contributed by atoms with Crippen molar-refractivity contribution in [3.63, 3.8) is 0 Å². The number of hydrogen-bond donors (Lipinski definition) is 1. The van der Waals surface area contributed by atoms with Crippen molar-refractivity contribution in [2.75, 3.05) is 44.7 Å². The Morgan fingerprint density at radius 3 is 2.74 bits per heavy atom. The molecule has 4 rings (SSSR count). The van der Waals surface area contributed by atoms with Crippen LogP contribution in [-0.2, 0) is 4.74 Å². The van der Waals surface area contributed by atoms with Gasteiger partial charge in [-0.05, 0) is 31.4 Å². The summed E-state index contributed by atoms with van der Waals surface area (Å²) < 4.78 is 5.44. The number of hydrogen-bond acceptors (Lipinski definition) is 5. The fourth-order valence-corrected chi connectivity index (χ4v) is 4.38. The average molecular weight is 387 g/mol. The van der Waals surface area contributed by atoms with Crippen LogP contribution in [0.4, 0.5) is 10.5 Å². The quantitative estimate of drug-likeness (QED) is 0.873. The summed E-state index contributed by atoms with van der Waals surface area (Å²) in [6.07, 6.45) is 3.35. The van der Waals surface area contributed by atoms with Crippen LogP contribution in [0, 0.1) is 0 Å². The number of morpholine rings is 1. The Hall–Kier alpha value is -1.96. The molecule has 144 valence electrons. The molecule has 0 saturated carbocycles. The van der Waals surface area contributed by atoms with Crippen LogP contribution < -0.4 is 5.32 Å². The number of amides is 2. The number of ether oxygens (including phenoxy) is 1. The van der Waals surface area contributed by atoms with Gasteiger partial charge in [0.25, 0.3) is 0 Å². The number of nitrogens with one attached hydrogen (secondary N) is 1. The van der Waals surface area contributed by atoms with Gasteiger partial charge in [0, 0.05) is 48.9 Å². The molecule has 2 aliphatic heterocycles. The lowest BCUT2D eigenvalue weighted by atomic mass is 10.0. The second-order valence-electron chi connectivity index (χ2n) is 7.14. The molecule has 27 heavy (non-hydrogen) atoms. The van der Waals surface area contributed by atoms with Crippen molar-refractivity contribution in [1.82, 2.24) is 14.8 Å². The zero-order chi connectivity index (χ0) is 18.5. The highest BCUT2D eigenvalue weighted by molar-refractivity contribution is 7.07. The molecule has 3 heterocycles. The Morgan fingerprint density at radius 2 is 2.00 bits per heavy atom. The van der Waals surface area contributed by atoms with E-state index in [-0.39, 0.29) is 12.1 Å². The minimum atomic E-state index is 0.00867. The molecule has 6 nitrogen and oxygen atoms in total. The maximum Gasteiger partial charge on any atom is 0.322 e. The standard InChI is InChI=1S/C20H26N4O2S/c25-20(22-17-6-4-16(5-7-17)19-14-27-15-21-19)24-8-2-1-3-18(24)13-23-9-11-26-12-10-23/h4-7,14-15,18H,1-3,8-13H2,(H,22,25). The Morgan fingerprint density at radius 1 is 1.19 bits per heavy atom. The zero-order valence-electron chi connectivity index (χ0n) is 15.5. The summed E-state index contributed by atoms with van der Waals surface area (Å²) in [6, 6.07) is 8.21. The smallest absolute Gasteiger partial charge is 0.322 e. The average Bonchev–Trinajstić information content (AvgIpc) is 3.25. The molecule has 2 saturated heterocycles. The summed E-state index contributed by atoms with van der Waals surface area (Å²) in [5.74, 6) is 0. The summed E-state index contributed by atoms with van der Waals surface area (Å²) in [7, 11) is 0. The molecule has 0 bridgehead atoms. The Labute approximate surface area is 164 Å². The third kappa shape index (κ3) is 4.66. The molecule has 1 aromatic heterocycles. The minimum absolute atomic E-state index is 0.00867. The molecule has 7 heteroatoms. The fourth-order valence-electron chi connectivity index (χ4n) is 3.81. The van der Waals surface area contributed by atoms with Gasteiger partial charge >= 0.3 is 6.03 Å². The highest BCUT2D eigenvalue weighted by atomic mass is 32.1. The van der Waals surface area contributed by atoms with Crippen molar-refractivity contribution in [1.29, 1.82) is 0 Å². The highest BCUT2D eigenvalue weighted by Crippen LogP contribution is 2.23. The second kappa shape index (κ2) is 8.82. The van der Waals surface area contributed by atoms with E-state index in [1.54, 1.807) is 11.3 Å². The lowest BCUT2D eigenvalue weighted by molar-refractivity contribution is 0.0229. The summed E-state index contributed by atoms with van der Waals surface area (Å²) in [5.41, 5.74) is 4.70. The molecule has 0 aliphatic carbocycles. The number of likely N-dealkylation sites (tertiary alicyclic amines) is 1. The number of thiazole rings is 1. The zero-order valence-corrected chi connectivity index (χ0v) is 16.3. The van der Waals surface area contributed by atoms with E-state index in [1.807, 2.05) is 40.1 Å². The number of anilines is 1. The van der Waals surface area contributed by atoms with Crippen molar-refractivity contribution < 1.29 is 9.53 Å². The molecular formula is C20H26N4O2S. The van der Waals surface area contributed by atoms with Gasteiger partial charge in [0.05, 0.1) is 24.4 Å². The molecule has 1 N–H and O–H groups in total. The first-order valence-electron chi connectivity index (χ1n) is 9.66. The predicted molar refractivity (Wildman–Crippen MR) is 108 cm³/mol. The van der Waals surface area contributed by atoms with Crippen LogP contribution in [0.5, 0.6) is 0 Å². The molecule has 0 spiro atoms. The number of nitrogens with zero attached hydrogens (tertiary/aromatic N) is 3. The maximum absolute atomic E-state index is 12.9. The molecule has 2 aromatic rings. The van der Waals surface area contributed by atoms with E-state index in [0.29, 0.717) is 0 Å². The van der Waals surface area contributed by atoms with Gasteiger partial charge in [0.2, 0.25) is 0 Å². The predicted octanol–water partition coefficient (Wildman–Crippen LogP) is 3.53. The van der Waals surface area contributed by atoms with E-state index in [1.165, 1.54) is 6.42 Å². The first-order chi connectivity index (χ1) is 13.3. The Bertz CT molecular complexity index is 729. The molecular weight excluding hydrogens is 360 g/mol. The SMILES string of the molecule is O=C(Nc1ccc(-c2cscn2)cc1)N1CCCCC1CN1CCOCC1. The van der Waals surface area contributed by atoms with Crippen molar-refractivity contribution >= 4 is 23.1 Å². The molecule has 1 unspecified atom stereocenters. The molecule has 2 aliphatic rings. The molecule has 1 atom stereocenters. The number of aromatic nitrogens is 1. The number of benzene rings is 1. The van der Waals surface area contributed by atoms with Crippen LogP contribution in [0.15, 0.2) is 35.2 Å². The van der Waals surface area contributed by atoms with Gasteiger partial charge < -0.3 is 15.0 Å². The van der Waals surface area contributed by atoms with Gasteiger partial charge in [-0.1, -0.05) is 12.1 Å². The van der Waals surface area contributed by atoms with Crippen LogP contribution in [0.2, 0.25) is 0 Å².